The zero-order valence-electron chi connectivity index (χ0n) is 10.8. The van der Waals surface area contributed by atoms with Crippen LogP contribution >= 0.6 is 11.3 Å². The maximum atomic E-state index is 4.49. The fourth-order valence-corrected chi connectivity index (χ4v) is 3.10. The second-order valence-electron chi connectivity index (χ2n) is 4.86. The van der Waals surface area contributed by atoms with Gasteiger partial charge in [-0.3, -0.25) is 0 Å². The van der Waals surface area contributed by atoms with E-state index in [2.05, 4.69) is 29.5 Å². The van der Waals surface area contributed by atoms with Crippen molar-refractivity contribution in [1.29, 1.82) is 0 Å². The van der Waals surface area contributed by atoms with Crippen LogP contribution in [0, 0.1) is 5.92 Å². The molecular formula is C13H23N3S. The van der Waals surface area contributed by atoms with Gasteiger partial charge in [0, 0.05) is 11.1 Å². The van der Waals surface area contributed by atoms with Crippen LogP contribution in [0.5, 0.6) is 0 Å². The van der Waals surface area contributed by atoms with Gasteiger partial charge in [-0.15, -0.1) is 11.3 Å². The zero-order valence-corrected chi connectivity index (χ0v) is 11.6. The molecule has 1 aliphatic rings. The van der Waals surface area contributed by atoms with Crippen molar-refractivity contribution in [1.82, 2.24) is 15.6 Å². The summed E-state index contributed by atoms with van der Waals surface area (Å²) in [7, 11) is 0. The van der Waals surface area contributed by atoms with E-state index in [1.807, 2.05) is 17.5 Å². The summed E-state index contributed by atoms with van der Waals surface area (Å²) in [5, 5.41) is 8.30. The largest absolute Gasteiger partial charge is 0.316 e. The van der Waals surface area contributed by atoms with Gasteiger partial charge in [0.05, 0.1) is 6.04 Å². The zero-order chi connectivity index (χ0) is 12.1. The maximum Gasteiger partial charge on any atom is 0.109 e. The highest BCUT2D eigenvalue weighted by Crippen LogP contribution is 2.20. The lowest BCUT2D eigenvalue weighted by molar-refractivity contribution is 0.348. The monoisotopic (exact) mass is 253 g/mol. The van der Waals surface area contributed by atoms with Crippen LogP contribution in [0.4, 0.5) is 0 Å². The third-order valence-electron chi connectivity index (χ3n) is 3.40. The van der Waals surface area contributed by atoms with Gasteiger partial charge < -0.3 is 10.6 Å². The summed E-state index contributed by atoms with van der Waals surface area (Å²) >= 11 is 1.84. The molecule has 17 heavy (non-hydrogen) atoms. The van der Waals surface area contributed by atoms with Gasteiger partial charge in [0.1, 0.15) is 5.01 Å². The topological polar surface area (TPSA) is 37.0 Å². The summed E-state index contributed by atoms with van der Waals surface area (Å²) in [5.74, 6) is 0.789. The van der Waals surface area contributed by atoms with Gasteiger partial charge in [0.25, 0.3) is 0 Å². The molecule has 0 bridgehead atoms. The van der Waals surface area contributed by atoms with E-state index in [-0.39, 0.29) is 0 Å². The van der Waals surface area contributed by atoms with Crippen LogP contribution in [0.15, 0.2) is 6.20 Å². The van der Waals surface area contributed by atoms with Crippen molar-refractivity contribution in [3.05, 3.63) is 16.1 Å². The molecule has 3 nitrogen and oxygen atoms in total. The highest BCUT2D eigenvalue weighted by molar-refractivity contribution is 7.11. The number of nitrogens with zero attached hydrogens (tertiary/aromatic N) is 1. The molecule has 0 aliphatic carbocycles. The first kappa shape index (κ1) is 13.0. The Morgan fingerprint density at radius 3 is 3.18 bits per heavy atom. The van der Waals surface area contributed by atoms with Crippen LogP contribution in [-0.4, -0.2) is 24.6 Å². The number of nitrogens with one attached hydrogen (secondary N) is 2. The van der Waals surface area contributed by atoms with Crippen LogP contribution in [0.3, 0.4) is 0 Å². The van der Waals surface area contributed by atoms with E-state index < -0.39 is 0 Å². The van der Waals surface area contributed by atoms with Crippen molar-refractivity contribution in [2.24, 2.45) is 5.92 Å². The van der Waals surface area contributed by atoms with E-state index >= 15 is 0 Å². The Balaban J connectivity index is 1.77. The lowest BCUT2D eigenvalue weighted by Crippen LogP contribution is -2.36. The Bertz CT molecular complexity index is 331. The Morgan fingerprint density at radius 2 is 2.53 bits per heavy atom. The average molecular weight is 253 g/mol. The van der Waals surface area contributed by atoms with E-state index in [0.29, 0.717) is 6.04 Å². The van der Waals surface area contributed by atoms with E-state index in [9.17, 15) is 0 Å². The standard InChI is InChI=1S/C13H23N3S/c1-3-12-9-16-13(17-12)10(2)15-8-11-5-4-6-14-7-11/h9-11,14-15H,3-8H2,1-2H3. The quantitative estimate of drug-likeness (QED) is 0.846. The Morgan fingerprint density at radius 1 is 1.65 bits per heavy atom. The normalized spacial score (nSPS) is 22.6. The smallest absolute Gasteiger partial charge is 0.109 e. The molecule has 1 aromatic heterocycles. The first-order chi connectivity index (χ1) is 8.29. The minimum absolute atomic E-state index is 0.391. The first-order valence-electron chi connectivity index (χ1n) is 6.68. The van der Waals surface area contributed by atoms with Gasteiger partial charge in [-0.2, -0.15) is 0 Å². The fraction of sp³-hybridized carbons (Fsp3) is 0.769. The Labute approximate surface area is 108 Å². The van der Waals surface area contributed by atoms with Gasteiger partial charge in [-0.05, 0) is 51.7 Å². The van der Waals surface area contributed by atoms with Crippen molar-refractivity contribution in [2.45, 2.75) is 39.2 Å². The molecular weight excluding hydrogens is 230 g/mol. The summed E-state index contributed by atoms with van der Waals surface area (Å²) in [6.45, 7) is 7.86. The molecule has 0 amide bonds. The summed E-state index contributed by atoms with van der Waals surface area (Å²) in [6, 6.07) is 0.391. The molecule has 96 valence electrons. The summed E-state index contributed by atoms with van der Waals surface area (Å²) in [5.41, 5.74) is 0. The summed E-state index contributed by atoms with van der Waals surface area (Å²) in [6.07, 6.45) is 5.78. The lowest BCUT2D eigenvalue weighted by Gasteiger charge is -2.24. The molecule has 0 aromatic carbocycles. The summed E-state index contributed by atoms with van der Waals surface area (Å²) in [4.78, 5) is 5.87. The Hall–Kier alpha value is -0.450. The number of rotatable bonds is 5. The Kier molecular flexibility index (Phi) is 4.95. The second kappa shape index (κ2) is 6.47. The molecule has 2 heterocycles. The number of hydrogen-bond acceptors (Lipinski definition) is 4. The molecule has 0 radical (unpaired) electrons. The molecule has 4 heteroatoms. The number of hydrogen-bond donors (Lipinski definition) is 2. The van der Waals surface area contributed by atoms with Crippen LogP contribution in [0.2, 0.25) is 0 Å². The molecule has 2 atom stereocenters. The predicted molar refractivity (Wildman–Crippen MR) is 73.5 cm³/mol. The van der Waals surface area contributed by atoms with Crippen molar-refractivity contribution >= 4 is 11.3 Å². The molecule has 2 unspecified atom stereocenters. The van der Waals surface area contributed by atoms with Gasteiger partial charge in [-0.1, -0.05) is 6.92 Å². The van der Waals surface area contributed by atoms with E-state index in [4.69, 9.17) is 0 Å². The fourth-order valence-electron chi connectivity index (χ4n) is 2.22. The first-order valence-corrected chi connectivity index (χ1v) is 7.50. The van der Waals surface area contributed by atoms with Crippen molar-refractivity contribution in [2.75, 3.05) is 19.6 Å². The molecule has 0 spiro atoms. The van der Waals surface area contributed by atoms with Crippen LogP contribution < -0.4 is 10.6 Å². The second-order valence-corrected chi connectivity index (χ2v) is 6.01. The van der Waals surface area contributed by atoms with Gasteiger partial charge >= 0.3 is 0 Å². The highest BCUT2D eigenvalue weighted by Gasteiger charge is 2.15. The highest BCUT2D eigenvalue weighted by atomic mass is 32.1. The van der Waals surface area contributed by atoms with E-state index in [1.165, 1.54) is 29.3 Å². The van der Waals surface area contributed by atoms with Gasteiger partial charge in [0.2, 0.25) is 0 Å². The SMILES string of the molecule is CCc1cnc(C(C)NCC2CCCNC2)s1. The molecule has 0 saturated carbocycles. The van der Waals surface area contributed by atoms with Crippen LogP contribution in [0.25, 0.3) is 0 Å². The third-order valence-corrected chi connectivity index (χ3v) is 4.73. The molecule has 1 fully saturated rings. The number of thiazole rings is 1. The summed E-state index contributed by atoms with van der Waals surface area (Å²) < 4.78 is 0. The molecule has 2 rings (SSSR count). The lowest BCUT2D eigenvalue weighted by atomic mass is 9.99. The minimum Gasteiger partial charge on any atom is -0.316 e. The van der Waals surface area contributed by atoms with Gasteiger partial charge in [-0.25, -0.2) is 4.98 Å². The molecule has 1 aromatic rings. The van der Waals surface area contributed by atoms with E-state index in [1.54, 1.807) is 0 Å². The molecule has 1 saturated heterocycles. The maximum absolute atomic E-state index is 4.49. The molecule has 1 aliphatic heterocycles. The average Bonchev–Trinajstić information content (AvgIpc) is 2.86. The molecule has 2 N–H and O–H groups in total. The predicted octanol–water partition coefficient (Wildman–Crippen LogP) is 2.36. The van der Waals surface area contributed by atoms with Crippen LogP contribution in [0.1, 0.15) is 42.6 Å². The van der Waals surface area contributed by atoms with Crippen molar-refractivity contribution < 1.29 is 0 Å². The van der Waals surface area contributed by atoms with Crippen LogP contribution in [-0.2, 0) is 6.42 Å². The minimum atomic E-state index is 0.391. The third kappa shape index (κ3) is 3.76. The van der Waals surface area contributed by atoms with Gasteiger partial charge in [0.15, 0.2) is 0 Å². The number of aromatic nitrogens is 1. The number of piperidine rings is 1. The van der Waals surface area contributed by atoms with E-state index in [0.717, 1.165) is 25.4 Å². The van der Waals surface area contributed by atoms with Crippen molar-refractivity contribution in [3.8, 4) is 0 Å². The van der Waals surface area contributed by atoms with Crippen molar-refractivity contribution in [3.63, 3.8) is 0 Å². The number of aryl methyl sites for hydroxylation is 1.